The van der Waals surface area contributed by atoms with Crippen molar-refractivity contribution in [2.75, 3.05) is 6.54 Å². The van der Waals surface area contributed by atoms with Crippen LogP contribution in [0.15, 0.2) is 22.7 Å². The molecule has 0 saturated carbocycles. The molecule has 0 aliphatic heterocycles. The fraction of sp³-hybridized carbons (Fsp3) is 0.500. The van der Waals surface area contributed by atoms with E-state index >= 15 is 0 Å². The molecule has 0 amide bonds. The standard InChI is InChI=1S/C14H20BrN3/c1-18-13-8-7-11(15)10-12(13)17-14(18)6-4-2-3-5-9-16/h7-8,10H,2-6,9,16H2,1H3. The molecule has 1 aromatic heterocycles. The second-order valence-corrected chi connectivity index (χ2v) is 5.59. The summed E-state index contributed by atoms with van der Waals surface area (Å²) < 4.78 is 3.28. The van der Waals surface area contributed by atoms with Gasteiger partial charge in [-0.25, -0.2) is 4.98 Å². The third kappa shape index (κ3) is 3.12. The predicted octanol–water partition coefficient (Wildman–Crippen LogP) is 3.40. The maximum atomic E-state index is 5.49. The van der Waals surface area contributed by atoms with Crippen molar-refractivity contribution in [3.8, 4) is 0 Å². The van der Waals surface area contributed by atoms with E-state index in [0.29, 0.717) is 0 Å². The monoisotopic (exact) mass is 309 g/mol. The van der Waals surface area contributed by atoms with E-state index in [-0.39, 0.29) is 0 Å². The number of nitrogens with two attached hydrogens (primary N) is 1. The van der Waals surface area contributed by atoms with Crippen LogP contribution in [0.1, 0.15) is 31.5 Å². The van der Waals surface area contributed by atoms with Crippen LogP contribution >= 0.6 is 15.9 Å². The van der Waals surface area contributed by atoms with E-state index in [1.807, 2.05) is 0 Å². The Kier molecular flexibility index (Phi) is 4.78. The van der Waals surface area contributed by atoms with E-state index in [0.717, 1.165) is 29.4 Å². The first kappa shape index (κ1) is 13.6. The molecule has 0 radical (unpaired) electrons. The van der Waals surface area contributed by atoms with Gasteiger partial charge in [0, 0.05) is 17.9 Å². The molecular weight excluding hydrogens is 290 g/mol. The lowest BCUT2D eigenvalue weighted by atomic mass is 10.1. The number of hydrogen-bond acceptors (Lipinski definition) is 2. The summed E-state index contributed by atoms with van der Waals surface area (Å²) in [5.41, 5.74) is 7.77. The van der Waals surface area contributed by atoms with Crippen molar-refractivity contribution < 1.29 is 0 Å². The van der Waals surface area contributed by atoms with Crippen molar-refractivity contribution in [2.45, 2.75) is 32.1 Å². The average molecular weight is 310 g/mol. The first-order valence-electron chi connectivity index (χ1n) is 6.53. The molecule has 18 heavy (non-hydrogen) atoms. The Balaban J connectivity index is 2.02. The van der Waals surface area contributed by atoms with E-state index in [1.54, 1.807) is 0 Å². The Morgan fingerprint density at radius 2 is 2.00 bits per heavy atom. The molecule has 3 nitrogen and oxygen atoms in total. The summed E-state index contributed by atoms with van der Waals surface area (Å²) in [6, 6.07) is 6.26. The summed E-state index contributed by atoms with van der Waals surface area (Å²) in [6.45, 7) is 0.806. The largest absolute Gasteiger partial charge is 0.331 e. The molecule has 0 aliphatic carbocycles. The van der Waals surface area contributed by atoms with Crippen LogP contribution in [0.25, 0.3) is 11.0 Å². The minimum Gasteiger partial charge on any atom is -0.331 e. The molecule has 4 heteroatoms. The number of unbranched alkanes of at least 4 members (excludes halogenated alkanes) is 3. The van der Waals surface area contributed by atoms with Crippen LogP contribution in [0.4, 0.5) is 0 Å². The van der Waals surface area contributed by atoms with Gasteiger partial charge in [-0.2, -0.15) is 0 Å². The Hall–Kier alpha value is -0.870. The third-order valence-electron chi connectivity index (χ3n) is 3.29. The Bertz CT molecular complexity index is 519. The molecule has 0 atom stereocenters. The van der Waals surface area contributed by atoms with Gasteiger partial charge in [0.2, 0.25) is 0 Å². The predicted molar refractivity (Wildman–Crippen MR) is 79.6 cm³/mol. The second-order valence-electron chi connectivity index (χ2n) is 4.67. The molecule has 98 valence electrons. The van der Waals surface area contributed by atoms with Crippen LogP contribution in [0.5, 0.6) is 0 Å². The summed E-state index contributed by atoms with van der Waals surface area (Å²) in [5.74, 6) is 1.18. The first-order chi connectivity index (χ1) is 8.72. The lowest BCUT2D eigenvalue weighted by molar-refractivity contribution is 0.627. The maximum Gasteiger partial charge on any atom is 0.109 e. The molecule has 1 heterocycles. The first-order valence-corrected chi connectivity index (χ1v) is 7.32. The second kappa shape index (κ2) is 6.34. The van der Waals surface area contributed by atoms with E-state index in [2.05, 4.69) is 45.7 Å². The number of hydrogen-bond donors (Lipinski definition) is 1. The fourth-order valence-corrected chi connectivity index (χ4v) is 2.58. The van der Waals surface area contributed by atoms with Crippen LogP contribution in [-0.2, 0) is 13.5 Å². The average Bonchev–Trinajstić information content (AvgIpc) is 2.65. The smallest absolute Gasteiger partial charge is 0.109 e. The van der Waals surface area contributed by atoms with Crippen LogP contribution in [0, 0.1) is 0 Å². The van der Waals surface area contributed by atoms with Crippen molar-refractivity contribution in [1.29, 1.82) is 0 Å². The molecule has 0 fully saturated rings. The molecular formula is C14H20BrN3. The topological polar surface area (TPSA) is 43.8 Å². The van der Waals surface area contributed by atoms with Crippen molar-refractivity contribution in [3.05, 3.63) is 28.5 Å². The number of benzene rings is 1. The molecule has 2 aromatic rings. The maximum absolute atomic E-state index is 5.49. The van der Waals surface area contributed by atoms with Gasteiger partial charge in [-0.15, -0.1) is 0 Å². The highest BCUT2D eigenvalue weighted by Gasteiger charge is 2.07. The van der Waals surface area contributed by atoms with Gasteiger partial charge < -0.3 is 10.3 Å². The van der Waals surface area contributed by atoms with Gasteiger partial charge in [-0.05, 0) is 37.6 Å². The lowest BCUT2D eigenvalue weighted by Crippen LogP contribution is -2.00. The molecule has 0 aliphatic rings. The fourth-order valence-electron chi connectivity index (χ4n) is 2.23. The highest BCUT2D eigenvalue weighted by atomic mass is 79.9. The zero-order valence-electron chi connectivity index (χ0n) is 10.8. The molecule has 0 spiro atoms. The molecule has 0 saturated heterocycles. The van der Waals surface area contributed by atoms with Crippen LogP contribution in [0.3, 0.4) is 0 Å². The summed E-state index contributed by atoms with van der Waals surface area (Å²) in [5, 5.41) is 0. The SMILES string of the molecule is Cn1c(CCCCCCN)nc2cc(Br)ccc21. The number of aryl methyl sites for hydroxylation is 2. The lowest BCUT2D eigenvalue weighted by Gasteiger charge is -2.02. The Morgan fingerprint density at radius 1 is 1.22 bits per heavy atom. The van der Waals surface area contributed by atoms with Gasteiger partial charge in [0.15, 0.2) is 0 Å². The highest BCUT2D eigenvalue weighted by Crippen LogP contribution is 2.20. The van der Waals surface area contributed by atoms with Crippen molar-refractivity contribution in [3.63, 3.8) is 0 Å². The normalized spacial score (nSPS) is 11.3. The van der Waals surface area contributed by atoms with E-state index in [4.69, 9.17) is 10.7 Å². The Morgan fingerprint density at radius 3 is 2.78 bits per heavy atom. The summed E-state index contributed by atoms with van der Waals surface area (Å²) >= 11 is 3.49. The molecule has 1 aromatic carbocycles. The molecule has 2 rings (SSSR count). The minimum atomic E-state index is 0.806. The number of nitrogens with zero attached hydrogens (tertiary/aromatic N) is 2. The molecule has 0 bridgehead atoms. The van der Waals surface area contributed by atoms with Crippen LogP contribution in [-0.4, -0.2) is 16.1 Å². The zero-order chi connectivity index (χ0) is 13.0. The van der Waals surface area contributed by atoms with Crippen molar-refractivity contribution in [1.82, 2.24) is 9.55 Å². The number of fused-ring (bicyclic) bond motifs is 1. The number of rotatable bonds is 6. The number of halogens is 1. The quantitative estimate of drug-likeness (QED) is 0.831. The van der Waals surface area contributed by atoms with Crippen LogP contribution in [0.2, 0.25) is 0 Å². The van der Waals surface area contributed by atoms with Gasteiger partial charge >= 0.3 is 0 Å². The van der Waals surface area contributed by atoms with Gasteiger partial charge in [-0.1, -0.05) is 28.8 Å². The number of aromatic nitrogens is 2. The van der Waals surface area contributed by atoms with Crippen molar-refractivity contribution >= 4 is 27.0 Å². The highest BCUT2D eigenvalue weighted by molar-refractivity contribution is 9.10. The zero-order valence-corrected chi connectivity index (χ0v) is 12.4. The van der Waals surface area contributed by atoms with E-state index < -0.39 is 0 Å². The Labute approximate surface area is 117 Å². The summed E-state index contributed by atoms with van der Waals surface area (Å²) in [6.07, 6.45) is 5.84. The van der Waals surface area contributed by atoms with E-state index in [1.165, 1.54) is 30.6 Å². The van der Waals surface area contributed by atoms with Gasteiger partial charge in [0.1, 0.15) is 5.82 Å². The molecule has 2 N–H and O–H groups in total. The van der Waals surface area contributed by atoms with E-state index in [9.17, 15) is 0 Å². The van der Waals surface area contributed by atoms with Gasteiger partial charge in [0.05, 0.1) is 11.0 Å². The summed E-state index contributed by atoms with van der Waals surface area (Å²) in [4.78, 5) is 4.70. The number of imidazole rings is 1. The van der Waals surface area contributed by atoms with Crippen molar-refractivity contribution in [2.24, 2.45) is 12.8 Å². The van der Waals surface area contributed by atoms with Crippen LogP contribution < -0.4 is 5.73 Å². The minimum absolute atomic E-state index is 0.806. The summed E-state index contributed by atoms with van der Waals surface area (Å²) in [7, 11) is 2.10. The molecule has 0 unspecified atom stereocenters. The van der Waals surface area contributed by atoms with Gasteiger partial charge in [0.25, 0.3) is 0 Å². The third-order valence-corrected chi connectivity index (χ3v) is 3.78. The van der Waals surface area contributed by atoms with Gasteiger partial charge in [-0.3, -0.25) is 0 Å².